The van der Waals surface area contributed by atoms with Crippen molar-refractivity contribution in [2.45, 2.75) is 26.8 Å². The van der Waals surface area contributed by atoms with Crippen molar-refractivity contribution in [3.8, 4) is 5.75 Å². The summed E-state index contributed by atoms with van der Waals surface area (Å²) in [7, 11) is 1.51. The Morgan fingerprint density at radius 2 is 2.08 bits per heavy atom. The van der Waals surface area contributed by atoms with Gasteiger partial charge >= 0.3 is 0 Å². The summed E-state index contributed by atoms with van der Waals surface area (Å²) in [5, 5.41) is 3.77. The maximum Gasteiger partial charge on any atom is 0.263 e. The Kier molecular flexibility index (Phi) is 5.02. The first-order valence-electron chi connectivity index (χ1n) is 7.95. The van der Waals surface area contributed by atoms with Gasteiger partial charge in [0.15, 0.2) is 0 Å². The molecule has 0 radical (unpaired) electrons. The molecule has 3 aromatic rings. The Morgan fingerprint density at radius 3 is 2.77 bits per heavy atom. The lowest BCUT2D eigenvalue weighted by atomic mass is 10.2. The standard InChI is InChI=1S/C18H18ClN3O3S/c1-9-7-13-17(26-9)20-11(3)22(18(13)24)10(2)16(23)21-14-8-12(19)5-6-15(14)25-4/h5-8,10H,1-4H3,(H,21,23). The SMILES string of the molecule is COc1ccc(Cl)cc1NC(=O)C(C)n1c(C)nc2sc(C)cc2c1=O. The van der Waals surface area contributed by atoms with E-state index in [-0.39, 0.29) is 11.5 Å². The highest BCUT2D eigenvalue weighted by Crippen LogP contribution is 2.28. The van der Waals surface area contributed by atoms with Gasteiger partial charge in [-0.3, -0.25) is 14.2 Å². The number of anilines is 1. The number of rotatable bonds is 4. The van der Waals surface area contributed by atoms with E-state index in [1.807, 2.05) is 6.92 Å². The van der Waals surface area contributed by atoms with Crippen molar-refractivity contribution >= 4 is 44.7 Å². The summed E-state index contributed by atoms with van der Waals surface area (Å²) in [5.41, 5.74) is 0.223. The summed E-state index contributed by atoms with van der Waals surface area (Å²) in [5.74, 6) is 0.620. The van der Waals surface area contributed by atoms with Gasteiger partial charge in [-0.1, -0.05) is 11.6 Å². The van der Waals surface area contributed by atoms with Crippen LogP contribution in [0.1, 0.15) is 23.7 Å². The molecule has 2 aromatic heterocycles. The van der Waals surface area contributed by atoms with E-state index in [1.54, 1.807) is 38.1 Å². The molecule has 0 aliphatic heterocycles. The van der Waals surface area contributed by atoms with Gasteiger partial charge in [-0.25, -0.2) is 4.98 Å². The number of carbonyl (C=O) groups excluding carboxylic acids is 1. The van der Waals surface area contributed by atoms with Crippen LogP contribution >= 0.6 is 22.9 Å². The van der Waals surface area contributed by atoms with E-state index in [9.17, 15) is 9.59 Å². The predicted octanol–water partition coefficient (Wildman–Crippen LogP) is 3.94. The molecular formula is C18H18ClN3O3S. The zero-order valence-electron chi connectivity index (χ0n) is 14.8. The highest BCUT2D eigenvalue weighted by atomic mass is 35.5. The molecule has 0 bridgehead atoms. The number of hydrogen-bond acceptors (Lipinski definition) is 5. The molecule has 6 nitrogen and oxygen atoms in total. The number of methoxy groups -OCH3 is 1. The topological polar surface area (TPSA) is 73.2 Å². The van der Waals surface area contributed by atoms with Crippen LogP contribution < -0.4 is 15.6 Å². The lowest BCUT2D eigenvalue weighted by Gasteiger charge is -2.18. The quantitative estimate of drug-likeness (QED) is 0.731. The largest absolute Gasteiger partial charge is 0.495 e. The number of carbonyl (C=O) groups is 1. The van der Waals surface area contributed by atoms with Gasteiger partial charge in [0.1, 0.15) is 22.4 Å². The number of ether oxygens (including phenoxy) is 1. The first-order valence-corrected chi connectivity index (χ1v) is 9.15. The van der Waals surface area contributed by atoms with E-state index in [0.717, 1.165) is 4.88 Å². The number of fused-ring (bicyclic) bond motifs is 1. The number of aryl methyl sites for hydroxylation is 2. The number of amides is 1. The highest BCUT2D eigenvalue weighted by Gasteiger charge is 2.22. The first kappa shape index (κ1) is 18.4. The molecular weight excluding hydrogens is 374 g/mol. The molecule has 8 heteroatoms. The number of nitrogens with zero attached hydrogens (tertiary/aromatic N) is 2. The molecule has 1 unspecified atom stereocenters. The van der Waals surface area contributed by atoms with Gasteiger partial charge in [0.05, 0.1) is 18.2 Å². The van der Waals surface area contributed by atoms with Crippen molar-refractivity contribution in [2.24, 2.45) is 0 Å². The summed E-state index contributed by atoms with van der Waals surface area (Å²) in [6.45, 7) is 5.31. The maximum atomic E-state index is 12.8. The van der Waals surface area contributed by atoms with Crippen LogP contribution in [0, 0.1) is 13.8 Å². The predicted molar refractivity (Wildman–Crippen MR) is 105 cm³/mol. The van der Waals surface area contributed by atoms with Crippen LogP contribution in [0.25, 0.3) is 10.2 Å². The van der Waals surface area contributed by atoms with Crippen LogP contribution in [0.5, 0.6) is 5.75 Å². The zero-order chi connectivity index (χ0) is 19.0. The van der Waals surface area contributed by atoms with Gasteiger partial charge in [0, 0.05) is 9.90 Å². The third-order valence-corrected chi connectivity index (χ3v) is 5.26. The summed E-state index contributed by atoms with van der Waals surface area (Å²) >= 11 is 7.46. The van der Waals surface area contributed by atoms with Crippen LogP contribution in [0.3, 0.4) is 0 Å². The van der Waals surface area contributed by atoms with Crippen molar-refractivity contribution in [2.75, 3.05) is 12.4 Å². The summed E-state index contributed by atoms with van der Waals surface area (Å²) < 4.78 is 6.65. The molecule has 136 valence electrons. The highest BCUT2D eigenvalue weighted by molar-refractivity contribution is 7.18. The Balaban J connectivity index is 1.98. The minimum Gasteiger partial charge on any atom is -0.495 e. The molecule has 1 N–H and O–H groups in total. The fourth-order valence-corrected chi connectivity index (χ4v) is 3.89. The molecule has 0 saturated carbocycles. The molecule has 1 aromatic carbocycles. The third-order valence-electron chi connectivity index (χ3n) is 4.08. The molecule has 3 rings (SSSR count). The van der Waals surface area contributed by atoms with Crippen LogP contribution in [0.15, 0.2) is 29.1 Å². The van der Waals surface area contributed by atoms with Crippen LogP contribution in [-0.2, 0) is 4.79 Å². The molecule has 0 aliphatic rings. The van der Waals surface area contributed by atoms with Crippen molar-refractivity contribution in [1.82, 2.24) is 9.55 Å². The fraction of sp³-hybridized carbons (Fsp3) is 0.278. The second-order valence-electron chi connectivity index (χ2n) is 5.92. The van der Waals surface area contributed by atoms with Gasteiger partial charge in [-0.2, -0.15) is 0 Å². The van der Waals surface area contributed by atoms with Crippen molar-refractivity contribution < 1.29 is 9.53 Å². The third kappa shape index (κ3) is 3.32. The lowest BCUT2D eigenvalue weighted by molar-refractivity contribution is -0.118. The van der Waals surface area contributed by atoms with E-state index in [2.05, 4.69) is 10.3 Å². The lowest BCUT2D eigenvalue weighted by Crippen LogP contribution is -2.33. The van der Waals surface area contributed by atoms with Crippen molar-refractivity contribution in [3.05, 3.63) is 50.3 Å². The van der Waals surface area contributed by atoms with Gasteiger partial charge in [-0.05, 0) is 45.0 Å². The Morgan fingerprint density at radius 1 is 1.35 bits per heavy atom. The smallest absolute Gasteiger partial charge is 0.263 e. The van der Waals surface area contributed by atoms with Gasteiger partial charge < -0.3 is 10.1 Å². The molecule has 0 fully saturated rings. The fourth-order valence-electron chi connectivity index (χ4n) is 2.80. The number of thiophene rings is 1. The molecule has 26 heavy (non-hydrogen) atoms. The monoisotopic (exact) mass is 391 g/mol. The maximum absolute atomic E-state index is 12.8. The number of benzene rings is 1. The number of hydrogen-bond donors (Lipinski definition) is 1. The van der Waals surface area contributed by atoms with E-state index in [1.165, 1.54) is 23.0 Å². The molecule has 1 amide bonds. The number of aromatic nitrogens is 2. The van der Waals surface area contributed by atoms with Crippen molar-refractivity contribution in [1.29, 1.82) is 0 Å². The second kappa shape index (κ2) is 7.09. The Labute approximate surface area is 159 Å². The Hall–Kier alpha value is -2.38. The molecule has 0 aliphatic carbocycles. The van der Waals surface area contributed by atoms with E-state index in [0.29, 0.717) is 32.5 Å². The molecule has 0 saturated heterocycles. The summed E-state index contributed by atoms with van der Waals surface area (Å²) in [4.78, 5) is 31.7. The van der Waals surface area contributed by atoms with E-state index in [4.69, 9.17) is 16.3 Å². The first-order chi connectivity index (χ1) is 12.3. The summed E-state index contributed by atoms with van der Waals surface area (Å²) in [6.07, 6.45) is 0. The normalized spacial score (nSPS) is 12.2. The average molecular weight is 392 g/mol. The number of nitrogens with one attached hydrogen (secondary N) is 1. The molecule has 0 spiro atoms. The van der Waals surface area contributed by atoms with Crippen LogP contribution in [-0.4, -0.2) is 22.6 Å². The van der Waals surface area contributed by atoms with Crippen LogP contribution in [0.2, 0.25) is 5.02 Å². The minimum absolute atomic E-state index is 0.224. The van der Waals surface area contributed by atoms with Crippen LogP contribution in [0.4, 0.5) is 5.69 Å². The van der Waals surface area contributed by atoms with Gasteiger partial charge in [0.25, 0.3) is 5.56 Å². The number of halogens is 1. The zero-order valence-corrected chi connectivity index (χ0v) is 16.4. The molecule has 1 atom stereocenters. The minimum atomic E-state index is -0.747. The second-order valence-corrected chi connectivity index (χ2v) is 7.59. The Bertz CT molecular complexity index is 1060. The molecule has 2 heterocycles. The van der Waals surface area contributed by atoms with Gasteiger partial charge in [0.2, 0.25) is 5.91 Å². The van der Waals surface area contributed by atoms with E-state index < -0.39 is 6.04 Å². The van der Waals surface area contributed by atoms with Crippen molar-refractivity contribution in [3.63, 3.8) is 0 Å². The van der Waals surface area contributed by atoms with E-state index >= 15 is 0 Å². The average Bonchev–Trinajstić information content (AvgIpc) is 2.95. The summed E-state index contributed by atoms with van der Waals surface area (Å²) in [6, 6.07) is 6.00. The van der Waals surface area contributed by atoms with Gasteiger partial charge in [-0.15, -0.1) is 11.3 Å².